The summed E-state index contributed by atoms with van der Waals surface area (Å²) >= 11 is 0. The fraction of sp³-hybridized carbons (Fsp3) is 0.286. The Balaban J connectivity index is 1.29. The van der Waals surface area contributed by atoms with E-state index >= 15 is 0 Å². The molecular formula is C21H22FN3O2. The number of oxazole rings is 1. The van der Waals surface area contributed by atoms with E-state index in [1.807, 2.05) is 36.4 Å². The van der Waals surface area contributed by atoms with Gasteiger partial charge in [-0.1, -0.05) is 24.3 Å². The van der Waals surface area contributed by atoms with Crippen LogP contribution in [0.25, 0.3) is 11.1 Å². The second-order valence-corrected chi connectivity index (χ2v) is 6.68. The van der Waals surface area contributed by atoms with Crippen molar-refractivity contribution in [1.82, 2.24) is 9.47 Å². The van der Waals surface area contributed by atoms with E-state index in [1.165, 1.54) is 12.1 Å². The van der Waals surface area contributed by atoms with Crippen molar-refractivity contribution in [3.63, 3.8) is 0 Å². The van der Waals surface area contributed by atoms with Crippen molar-refractivity contribution in [2.75, 3.05) is 37.6 Å². The van der Waals surface area contributed by atoms with Gasteiger partial charge in [-0.05, 0) is 36.4 Å². The van der Waals surface area contributed by atoms with Crippen molar-refractivity contribution >= 4 is 16.8 Å². The number of anilines is 1. The Labute approximate surface area is 156 Å². The molecule has 5 nitrogen and oxygen atoms in total. The van der Waals surface area contributed by atoms with E-state index in [-0.39, 0.29) is 11.6 Å². The maximum Gasteiger partial charge on any atom is 0.420 e. The second-order valence-electron chi connectivity index (χ2n) is 6.68. The van der Waals surface area contributed by atoms with E-state index in [0.717, 1.165) is 43.9 Å². The van der Waals surface area contributed by atoms with Gasteiger partial charge in [0.2, 0.25) is 0 Å². The Morgan fingerprint density at radius 1 is 0.926 bits per heavy atom. The summed E-state index contributed by atoms with van der Waals surface area (Å²) in [7, 11) is 0. The summed E-state index contributed by atoms with van der Waals surface area (Å²) in [6.45, 7) is 5.11. The Kier molecular flexibility index (Phi) is 5.07. The number of allylic oxidation sites excluding steroid dienone is 1. The van der Waals surface area contributed by atoms with Gasteiger partial charge in [-0.2, -0.15) is 0 Å². The maximum atomic E-state index is 13.0. The molecule has 0 bridgehead atoms. The van der Waals surface area contributed by atoms with Crippen LogP contribution in [-0.2, 0) is 6.54 Å². The highest BCUT2D eigenvalue weighted by molar-refractivity contribution is 5.72. The van der Waals surface area contributed by atoms with Crippen LogP contribution in [0.15, 0.2) is 69.9 Å². The summed E-state index contributed by atoms with van der Waals surface area (Å²) in [5.41, 5.74) is 2.51. The van der Waals surface area contributed by atoms with Crippen LogP contribution in [0.2, 0.25) is 0 Å². The minimum Gasteiger partial charge on any atom is -0.408 e. The van der Waals surface area contributed by atoms with Gasteiger partial charge >= 0.3 is 5.76 Å². The highest BCUT2D eigenvalue weighted by atomic mass is 19.1. The molecule has 1 saturated heterocycles. The molecule has 1 aliphatic heterocycles. The first-order valence-corrected chi connectivity index (χ1v) is 9.17. The molecule has 2 heterocycles. The van der Waals surface area contributed by atoms with Crippen LogP contribution in [0, 0.1) is 5.82 Å². The predicted molar refractivity (Wildman–Crippen MR) is 105 cm³/mol. The van der Waals surface area contributed by atoms with Crippen molar-refractivity contribution in [3.05, 3.63) is 77.1 Å². The Morgan fingerprint density at radius 3 is 2.41 bits per heavy atom. The number of hydrogen-bond donors (Lipinski definition) is 0. The minimum atomic E-state index is -0.325. The Morgan fingerprint density at radius 2 is 1.63 bits per heavy atom. The van der Waals surface area contributed by atoms with E-state index in [1.54, 1.807) is 10.6 Å². The van der Waals surface area contributed by atoms with Crippen LogP contribution in [0.5, 0.6) is 0 Å². The third-order valence-corrected chi connectivity index (χ3v) is 4.96. The average Bonchev–Trinajstić information content (AvgIpc) is 3.02. The SMILES string of the molecule is O=c1oc2ccccc2n1C/C=C/CN1CCN(c2ccc(F)cc2)CC1. The van der Waals surface area contributed by atoms with Gasteiger partial charge in [-0.15, -0.1) is 0 Å². The number of aromatic nitrogens is 1. The van der Waals surface area contributed by atoms with Crippen molar-refractivity contribution in [3.8, 4) is 0 Å². The van der Waals surface area contributed by atoms with Crippen molar-refractivity contribution in [1.29, 1.82) is 0 Å². The van der Waals surface area contributed by atoms with Crippen LogP contribution in [-0.4, -0.2) is 42.2 Å². The number of nitrogens with zero attached hydrogens (tertiary/aromatic N) is 3. The quantitative estimate of drug-likeness (QED) is 0.650. The van der Waals surface area contributed by atoms with Gasteiger partial charge in [0, 0.05) is 45.0 Å². The van der Waals surface area contributed by atoms with Crippen LogP contribution in [0.4, 0.5) is 10.1 Å². The standard InChI is InChI=1S/C21H22FN3O2/c22-17-7-9-18(10-8-17)24-15-13-23(14-16-24)11-3-4-12-25-19-5-1-2-6-20(19)27-21(25)26/h1-10H,11-16H2/b4-3+. The lowest BCUT2D eigenvalue weighted by Gasteiger charge is -2.35. The van der Waals surface area contributed by atoms with Crippen molar-refractivity contribution < 1.29 is 8.81 Å². The Bertz CT molecular complexity index is 983. The van der Waals surface area contributed by atoms with E-state index in [2.05, 4.69) is 15.9 Å². The molecule has 0 atom stereocenters. The molecule has 0 radical (unpaired) electrons. The minimum absolute atomic E-state index is 0.202. The highest BCUT2D eigenvalue weighted by Gasteiger charge is 2.16. The molecule has 0 amide bonds. The van der Waals surface area contributed by atoms with E-state index in [4.69, 9.17) is 4.42 Å². The van der Waals surface area contributed by atoms with Crippen LogP contribution in [0.1, 0.15) is 0 Å². The molecule has 2 aromatic carbocycles. The number of rotatable bonds is 5. The summed E-state index contributed by atoms with van der Waals surface area (Å²) in [5.74, 6) is -0.527. The van der Waals surface area contributed by atoms with Crippen LogP contribution in [0.3, 0.4) is 0 Å². The van der Waals surface area contributed by atoms with Gasteiger partial charge in [0.05, 0.1) is 5.52 Å². The number of benzene rings is 2. The summed E-state index contributed by atoms with van der Waals surface area (Å²) in [5, 5.41) is 0. The normalized spacial score (nSPS) is 15.8. The van der Waals surface area contributed by atoms with Crippen molar-refractivity contribution in [2.24, 2.45) is 0 Å². The van der Waals surface area contributed by atoms with Crippen molar-refractivity contribution in [2.45, 2.75) is 6.54 Å². The molecule has 4 rings (SSSR count). The van der Waals surface area contributed by atoms with E-state index in [0.29, 0.717) is 12.1 Å². The topological polar surface area (TPSA) is 41.6 Å². The third-order valence-electron chi connectivity index (χ3n) is 4.96. The first-order valence-electron chi connectivity index (χ1n) is 9.17. The number of hydrogen-bond acceptors (Lipinski definition) is 4. The maximum absolute atomic E-state index is 13.0. The number of para-hydroxylation sites is 2. The molecule has 0 spiro atoms. The third kappa shape index (κ3) is 3.95. The van der Waals surface area contributed by atoms with E-state index in [9.17, 15) is 9.18 Å². The zero-order valence-corrected chi connectivity index (χ0v) is 15.1. The van der Waals surface area contributed by atoms with Gasteiger partial charge in [0.25, 0.3) is 0 Å². The summed E-state index contributed by atoms with van der Waals surface area (Å²) in [6, 6.07) is 14.1. The smallest absolute Gasteiger partial charge is 0.408 e. The molecule has 3 aromatic rings. The lowest BCUT2D eigenvalue weighted by Crippen LogP contribution is -2.46. The van der Waals surface area contributed by atoms with Gasteiger partial charge in [0.15, 0.2) is 5.58 Å². The molecule has 27 heavy (non-hydrogen) atoms. The molecular weight excluding hydrogens is 345 g/mol. The largest absolute Gasteiger partial charge is 0.420 e. The monoisotopic (exact) mass is 367 g/mol. The second kappa shape index (κ2) is 7.80. The molecule has 0 aliphatic carbocycles. The molecule has 6 heteroatoms. The fourth-order valence-corrected chi connectivity index (χ4v) is 3.43. The van der Waals surface area contributed by atoms with E-state index < -0.39 is 0 Å². The van der Waals surface area contributed by atoms with Gasteiger partial charge < -0.3 is 9.32 Å². The number of piperazine rings is 1. The molecule has 1 aromatic heterocycles. The zero-order valence-electron chi connectivity index (χ0n) is 15.1. The zero-order chi connectivity index (χ0) is 18.6. The molecule has 0 N–H and O–H groups in total. The molecule has 1 fully saturated rings. The summed E-state index contributed by atoms with van der Waals surface area (Å²) < 4.78 is 19.9. The van der Waals surface area contributed by atoms with Crippen LogP contribution >= 0.6 is 0 Å². The molecule has 0 unspecified atom stereocenters. The molecule has 140 valence electrons. The fourth-order valence-electron chi connectivity index (χ4n) is 3.43. The van der Waals surface area contributed by atoms with Gasteiger partial charge in [0.1, 0.15) is 5.82 Å². The number of halogens is 1. The summed E-state index contributed by atoms with van der Waals surface area (Å²) in [4.78, 5) is 16.6. The first-order chi connectivity index (χ1) is 13.2. The van der Waals surface area contributed by atoms with Crippen LogP contribution < -0.4 is 10.7 Å². The summed E-state index contributed by atoms with van der Waals surface area (Å²) in [6.07, 6.45) is 4.11. The highest BCUT2D eigenvalue weighted by Crippen LogP contribution is 2.17. The van der Waals surface area contributed by atoms with Gasteiger partial charge in [-0.25, -0.2) is 9.18 Å². The first kappa shape index (κ1) is 17.5. The lowest BCUT2D eigenvalue weighted by atomic mass is 10.2. The van der Waals surface area contributed by atoms with Gasteiger partial charge in [-0.3, -0.25) is 9.47 Å². The lowest BCUT2D eigenvalue weighted by molar-refractivity contribution is 0.284. The average molecular weight is 367 g/mol. The predicted octanol–water partition coefficient (Wildman–Crippen LogP) is 3.11. The molecule has 1 aliphatic rings. The number of fused-ring (bicyclic) bond motifs is 1. The molecule has 0 saturated carbocycles. The Hall–Kier alpha value is -2.86.